The summed E-state index contributed by atoms with van der Waals surface area (Å²) in [5.74, 6) is 1.03. The first-order chi connectivity index (χ1) is 12.2. The van der Waals surface area contributed by atoms with Gasteiger partial charge < -0.3 is 0 Å². The van der Waals surface area contributed by atoms with Gasteiger partial charge in [-0.1, -0.05) is 0 Å². The molecule has 0 aliphatic heterocycles. The van der Waals surface area contributed by atoms with Crippen LogP contribution >= 0.6 is 0 Å². The molecule has 2 aliphatic rings. The summed E-state index contributed by atoms with van der Waals surface area (Å²) in [5, 5.41) is 11.0. The summed E-state index contributed by atoms with van der Waals surface area (Å²) in [6, 6.07) is 16.6. The Morgan fingerprint density at radius 1 is 0.880 bits per heavy atom. The van der Waals surface area contributed by atoms with Gasteiger partial charge in [0.1, 0.15) is 0 Å². The van der Waals surface area contributed by atoms with Crippen LogP contribution < -0.4 is 4.46 Å². The van der Waals surface area contributed by atoms with Crippen molar-refractivity contribution in [2.24, 2.45) is 11.8 Å². The van der Waals surface area contributed by atoms with E-state index in [0.29, 0.717) is 31.6 Å². The summed E-state index contributed by atoms with van der Waals surface area (Å²) in [4.78, 5) is 0.604. The third kappa shape index (κ3) is 3.43. The van der Waals surface area contributed by atoms with Gasteiger partial charge in [-0.25, -0.2) is 0 Å². The fraction of sp³-hybridized carbons (Fsp3) is 0.217. The van der Waals surface area contributed by atoms with E-state index in [1.54, 1.807) is 0 Å². The second-order valence-electron chi connectivity index (χ2n) is 6.75. The van der Waals surface area contributed by atoms with Crippen LogP contribution in [0.2, 0.25) is 4.82 Å². The Morgan fingerprint density at radius 2 is 1.56 bits per heavy atom. The summed E-state index contributed by atoms with van der Waals surface area (Å²) in [7, 11) is 0. The van der Waals surface area contributed by atoms with Crippen molar-refractivity contribution < 1.29 is 5.11 Å². The molecule has 1 nitrogen and oxygen atoms in total. The molecule has 2 bridgehead atoms. The van der Waals surface area contributed by atoms with Crippen LogP contribution in [-0.4, -0.2) is 20.1 Å². The van der Waals surface area contributed by atoms with E-state index in [4.69, 9.17) is 0 Å². The van der Waals surface area contributed by atoms with E-state index in [-0.39, 0.29) is 0 Å². The third-order valence-corrected chi connectivity index (χ3v) is 8.13. The van der Waals surface area contributed by atoms with Gasteiger partial charge in [-0.05, 0) is 0 Å². The number of aryl methyl sites for hydroxylation is 1. The number of aliphatic hydroxyl groups excluding tert-OH is 1. The van der Waals surface area contributed by atoms with Crippen molar-refractivity contribution in [2.45, 2.75) is 17.8 Å². The second-order valence-corrected chi connectivity index (χ2v) is 9.31. The average Bonchev–Trinajstić information content (AvgIpc) is 2.88. The third-order valence-electron chi connectivity index (χ3n) is 4.93. The SMILES string of the molecule is Cc1ccc([Se]C2C3C=CC=CC2C=C3)c(C(O)c2ccccc2)c1. The Morgan fingerprint density at radius 3 is 2.24 bits per heavy atom. The van der Waals surface area contributed by atoms with Crippen LogP contribution in [0.25, 0.3) is 0 Å². The van der Waals surface area contributed by atoms with Crippen LogP contribution in [0.3, 0.4) is 0 Å². The van der Waals surface area contributed by atoms with Crippen LogP contribution in [0.4, 0.5) is 0 Å². The van der Waals surface area contributed by atoms with E-state index in [2.05, 4.69) is 61.6 Å². The maximum atomic E-state index is 11.0. The summed E-state index contributed by atoms with van der Waals surface area (Å²) in [5.41, 5.74) is 3.24. The molecule has 2 aliphatic carbocycles. The van der Waals surface area contributed by atoms with Crippen molar-refractivity contribution in [3.8, 4) is 0 Å². The van der Waals surface area contributed by atoms with Crippen molar-refractivity contribution in [3.05, 3.63) is 102 Å². The molecule has 2 heteroatoms. The van der Waals surface area contributed by atoms with Gasteiger partial charge in [0.15, 0.2) is 0 Å². The summed E-state index contributed by atoms with van der Waals surface area (Å²) in [6.45, 7) is 2.10. The zero-order chi connectivity index (χ0) is 17.2. The Balaban J connectivity index is 1.67. The molecule has 25 heavy (non-hydrogen) atoms. The first kappa shape index (κ1) is 16.6. The summed E-state index contributed by atoms with van der Waals surface area (Å²) >= 11 is 0.302. The molecule has 0 spiro atoms. The number of fused-ring (bicyclic) bond motifs is 2. The molecule has 3 atom stereocenters. The molecule has 126 valence electrons. The van der Waals surface area contributed by atoms with E-state index < -0.39 is 6.10 Å². The zero-order valence-electron chi connectivity index (χ0n) is 14.2. The molecule has 2 aromatic rings. The Bertz CT molecular complexity index is 812. The van der Waals surface area contributed by atoms with Gasteiger partial charge in [-0.2, -0.15) is 0 Å². The molecular formula is C23H22OSe. The first-order valence-electron chi connectivity index (χ1n) is 8.76. The normalized spacial score (nSPS) is 25.1. The predicted molar refractivity (Wildman–Crippen MR) is 105 cm³/mol. The average molecular weight is 393 g/mol. The molecule has 0 heterocycles. The molecule has 3 unspecified atom stereocenters. The van der Waals surface area contributed by atoms with E-state index in [1.165, 1.54) is 10.0 Å². The molecule has 0 saturated heterocycles. The van der Waals surface area contributed by atoms with Crippen molar-refractivity contribution in [1.82, 2.24) is 0 Å². The molecule has 4 rings (SSSR count). The van der Waals surface area contributed by atoms with Gasteiger partial charge in [0.2, 0.25) is 0 Å². The summed E-state index contributed by atoms with van der Waals surface area (Å²) < 4.78 is 1.32. The van der Waals surface area contributed by atoms with Crippen LogP contribution in [-0.2, 0) is 0 Å². The molecule has 1 N–H and O–H groups in total. The number of hydrogen-bond acceptors (Lipinski definition) is 1. The van der Waals surface area contributed by atoms with E-state index in [0.717, 1.165) is 11.1 Å². The number of hydrogen-bond donors (Lipinski definition) is 1. The Kier molecular flexibility index (Phi) is 4.76. The maximum absolute atomic E-state index is 11.0. The fourth-order valence-corrected chi connectivity index (χ4v) is 6.56. The predicted octanol–water partition coefficient (Wildman–Crippen LogP) is 4.12. The second kappa shape index (κ2) is 7.17. The van der Waals surface area contributed by atoms with Gasteiger partial charge in [0, 0.05) is 0 Å². The minimum absolute atomic E-state index is 0.302. The number of aliphatic hydroxyl groups is 1. The van der Waals surface area contributed by atoms with Crippen LogP contribution in [0, 0.1) is 18.8 Å². The molecule has 0 aromatic heterocycles. The molecule has 0 amide bonds. The van der Waals surface area contributed by atoms with Gasteiger partial charge in [-0.3, -0.25) is 0 Å². The van der Waals surface area contributed by atoms with Crippen molar-refractivity contribution in [2.75, 3.05) is 0 Å². The fourth-order valence-electron chi connectivity index (χ4n) is 3.57. The Labute approximate surface area is 155 Å². The monoisotopic (exact) mass is 394 g/mol. The Hall–Kier alpha value is -1.86. The molecule has 0 saturated carbocycles. The first-order valence-corrected chi connectivity index (χ1v) is 10.6. The van der Waals surface area contributed by atoms with E-state index >= 15 is 0 Å². The molecule has 0 fully saturated rings. The van der Waals surface area contributed by atoms with Gasteiger partial charge in [-0.15, -0.1) is 0 Å². The number of benzene rings is 2. The van der Waals surface area contributed by atoms with Gasteiger partial charge in [0.25, 0.3) is 0 Å². The van der Waals surface area contributed by atoms with Gasteiger partial charge >= 0.3 is 156 Å². The van der Waals surface area contributed by atoms with Crippen LogP contribution in [0.5, 0.6) is 0 Å². The van der Waals surface area contributed by atoms with E-state index in [1.807, 2.05) is 30.3 Å². The van der Waals surface area contributed by atoms with Crippen molar-refractivity contribution in [3.63, 3.8) is 0 Å². The number of allylic oxidation sites excluding steroid dienone is 6. The minimum atomic E-state index is -0.555. The summed E-state index contributed by atoms with van der Waals surface area (Å²) in [6.07, 6.45) is 13.1. The molecule has 0 radical (unpaired) electrons. The van der Waals surface area contributed by atoms with Gasteiger partial charge in [0.05, 0.1) is 0 Å². The van der Waals surface area contributed by atoms with Crippen LogP contribution in [0.15, 0.2) is 85.0 Å². The standard InChI is InChI=1S/C23H22OSe/c1-16-11-14-21(20(15-16)22(24)17-7-3-2-4-8-17)25-23-18-9-5-6-10-19(23)13-12-18/h2-15,18-19,22-24H,1H3. The van der Waals surface area contributed by atoms with Crippen LogP contribution in [0.1, 0.15) is 22.8 Å². The zero-order valence-corrected chi connectivity index (χ0v) is 16.0. The van der Waals surface area contributed by atoms with Crippen molar-refractivity contribution >= 4 is 19.4 Å². The molecular weight excluding hydrogens is 371 g/mol. The molecule has 2 aromatic carbocycles. The topological polar surface area (TPSA) is 20.2 Å². The van der Waals surface area contributed by atoms with E-state index in [9.17, 15) is 5.11 Å². The quantitative estimate of drug-likeness (QED) is 0.612. The number of rotatable bonds is 4. The van der Waals surface area contributed by atoms with Crippen molar-refractivity contribution in [1.29, 1.82) is 0 Å².